The van der Waals surface area contributed by atoms with Crippen molar-refractivity contribution < 1.29 is 14.3 Å². The fourth-order valence-corrected chi connectivity index (χ4v) is 4.39. The molecule has 0 atom stereocenters. The van der Waals surface area contributed by atoms with Crippen molar-refractivity contribution >= 4 is 62.9 Å². The Kier molecular flexibility index (Phi) is 4.68. The van der Waals surface area contributed by atoms with Gasteiger partial charge in [0.1, 0.15) is 10.1 Å². The lowest BCUT2D eigenvalue weighted by Crippen LogP contribution is -2.38. The first-order valence-electron chi connectivity index (χ1n) is 9.08. The summed E-state index contributed by atoms with van der Waals surface area (Å²) in [7, 11) is 0. The number of nitrogens with zero attached hydrogens (tertiary/aromatic N) is 3. The molecule has 2 aromatic carbocycles. The molecule has 0 radical (unpaired) electrons. The summed E-state index contributed by atoms with van der Waals surface area (Å²) in [5, 5.41) is 2.60. The zero-order valence-corrected chi connectivity index (χ0v) is 17.1. The Balaban J connectivity index is 1.49. The second kappa shape index (κ2) is 7.51. The van der Waals surface area contributed by atoms with Crippen LogP contribution in [0.4, 0.5) is 5.69 Å². The van der Waals surface area contributed by atoms with Gasteiger partial charge in [-0.1, -0.05) is 36.1 Å². The van der Waals surface area contributed by atoms with Gasteiger partial charge in [0.15, 0.2) is 6.61 Å². The number of amides is 2. The van der Waals surface area contributed by atoms with E-state index in [1.54, 1.807) is 23.4 Å². The second-order valence-electron chi connectivity index (χ2n) is 6.73. The van der Waals surface area contributed by atoms with Crippen molar-refractivity contribution in [2.24, 2.45) is 0 Å². The number of ether oxygens (including phenoxy) is 1. The van der Waals surface area contributed by atoms with Crippen LogP contribution < -0.4 is 15.0 Å². The molecule has 30 heavy (non-hydrogen) atoms. The van der Waals surface area contributed by atoms with Gasteiger partial charge in [-0.15, -0.1) is 0 Å². The SMILES string of the molecule is O=C1NC(=S)SC1=Cc1ccc2c(c1)N(Cc1ccc3nccnc3c1)C(=O)CO2. The summed E-state index contributed by atoms with van der Waals surface area (Å²) in [5.74, 6) is 0.265. The molecular weight excluding hydrogens is 420 g/mol. The molecule has 3 aromatic rings. The van der Waals surface area contributed by atoms with E-state index >= 15 is 0 Å². The minimum absolute atomic E-state index is 0.0205. The van der Waals surface area contributed by atoms with Crippen molar-refractivity contribution in [2.45, 2.75) is 6.54 Å². The molecule has 7 nitrogen and oxygen atoms in total. The number of carbonyl (C=O) groups excluding carboxylic acids is 2. The third-order valence-electron chi connectivity index (χ3n) is 4.74. The Morgan fingerprint density at radius 3 is 2.77 bits per heavy atom. The highest BCUT2D eigenvalue weighted by Gasteiger charge is 2.27. The van der Waals surface area contributed by atoms with Crippen molar-refractivity contribution in [3.05, 3.63) is 64.8 Å². The highest BCUT2D eigenvalue weighted by Crippen LogP contribution is 2.36. The number of nitrogens with one attached hydrogen (secondary N) is 1. The number of fused-ring (bicyclic) bond motifs is 2. The molecule has 1 aromatic heterocycles. The smallest absolute Gasteiger partial charge is 0.265 e. The molecule has 1 fully saturated rings. The molecule has 9 heteroatoms. The Hall–Kier alpha value is -3.30. The topological polar surface area (TPSA) is 84.4 Å². The lowest BCUT2D eigenvalue weighted by molar-refractivity contribution is -0.121. The summed E-state index contributed by atoms with van der Waals surface area (Å²) < 4.78 is 6.03. The molecule has 2 amide bonds. The Labute approximate surface area is 181 Å². The van der Waals surface area contributed by atoms with Crippen LogP contribution in [0, 0.1) is 0 Å². The number of hydrogen-bond acceptors (Lipinski definition) is 7. The summed E-state index contributed by atoms with van der Waals surface area (Å²) in [6.45, 7) is 0.356. The van der Waals surface area contributed by atoms with E-state index in [0.29, 0.717) is 27.2 Å². The lowest BCUT2D eigenvalue weighted by atomic mass is 10.1. The van der Waals surface area contributed by atoms with E-state index in [1.165, 1.54) is 11.8 Å². The van der Waals surface area contributed by atoms with Gasteiger partial charge in [-0.25, -0.2) is 0 Å². The Bertz CT molecular complexity index is 1260. The van der Waals surface area contributed by atoms with Gasteiger partial charge in [0, 0.05) is 12.4 Å². The molecule has 148 valence electrons. The van der Waals surface area contributed by atoms with Gasteiger partial charge < -0.3 is 15.0 Å². The summed E-state index contributed by atoms with van der Waals surface area (Å²) in [5.41, 5.74) is 3.95. The Morgan fingerprint density at radius 1 is 1.13 bits per heavy atom. The van der Waals surface area contributed by atoms with E-state index in [1.807, 2.05) is 36.4 Å². The molecular formula is C21H14N4O3S2. The van der Waals surface area contributed by atoms with Crippen molar-refractivity contribution in [1.29, 1.82) is 0 Å². The molecule has 1 saturated heterocycles. The van der Waals surface area contributed by atoms with Crippen LogP contribution in [0.2, 0.25) is 0 Å². The van der Waals surface area contributed by atoms with Gasteiger partial charge in [0.05, 0.1) is 28.2 Å². The first kappa shape index (κ1) is 18.7. The number of thioether (sulfide) groups is 1. The lowest BCUT2D eigenvalue weighted by Gasteiger charge is -2.29. The van der Waals surface area contributed by atoms with E-state index in [-0.39, 0.29) is 18.4 Å². The zero-order valence-electron chi connectivity index (χ0n) is 15.5. The van der Waals surface area contributed by atoms with Crippen LogP contribution in [0.3, 0.4) is 0 Å². The summed E-state index contributed by atoms with van der Waals surface area (Å²) in [6.07, 6.45) is 5.04. The van der Waals surface area contributed by atoms with Crippen molar-refractivity contribution in [2.75, 3.05) is 11.5 Å². The fraction of sp³-hybridized carbons (Fsp3) is 0.0952. The third-order valence-corrected chi connectivity index (χ3v) is 5.90. The van der Waals surface area contributed by atoms with Crippen molar-refractivity contribution in [1.82, 2.24) is 15.3 Å². The van der Waals surface area contributed by atoms with E-state index < -0.39 is 0 Å². The maximum Gasteiger partial charge on any atom is 0.265 e. The van der Waals surface area contributed by atoms with Crippen LogP contribution in [0.5, 0.6) is 5.75 Å². The first-order valence-corrected chi connectivity index (χ1v) is 10.3. The van der Waals surface area contributed by atoms with Crippen molar-refractivity contribution in [3.8, 4) is 5.75 Å². The molecule has 2 aliphatic rings. The fourth-order valence-electron chi connectivity index (χ4n) is 3.34. The Morgan fingerprint density at radius 2 is 1.97 bits per heavy atom. The molecule has 5 rings (SSSR count). The predicted molar refractivity (Wildman–Crippen MR) is 119 cm³/mol. The first-order chi connectivity index (χ1) is 14.6. The molecule has 0 unspecified atom stereocenters. The molecule has 2 aliphatic heterocycles. The van der Waals surface area contributed by atoms with E-state index in [9.17, 15) is 9.59 Å². The third kappa shape index (κ3) is 3.53. The molecule has 0 saturated carbocycles. The van der Waals surface area contributed by atoms with Crippen molar-refractivity contribution in [3.63, 3.8) is 0 Å². The van der Waals surface area contributed by atoms with E-state index in [2.05, 4.69) is 15.3 Å². The highest BCUT2D eigenvalue weighted by molar-refractivity contribution is 8.26. The monoisotopic (exact) mass is 434 g/mol. The number of rotatable bonds is 3. The predicted octanol–water partition coefficient (Wildman–Crippen LogP) is 3.04. The van der Waals surface area contributed by atoms with Crippen LogP contribution in [0.1, 0.15) is 11.1 Å². The maximum atomic E-state index is 12.6. The van der Waals surface area contributed by atoms with Crippen LogP contribution in [0.25, 0.3) is 17.1 Å². The molecule has 0 bridgehead atoms. The molecule has 0 aliphatic carbocycles. The minimum atomic E-state index is -0.218. The average molecular weight is 435 g/mol. The number of aromatic nitrogens is 2. The van der Waals surface area contributed by atoms with Crippen LogP contribution in [-0.4, -0.2) is 32.7 Å². The van der Waals surface area contributed by atoms with E-state index in [0.717, 1.165) is 22.2 Å². The van der Waals surface area contributed by atoms with Gasteiger partial charge in [0.2, 0.25) is 0 Å². The average Bonchev–Trinajstić information content (AvgIpc) is 3.06. The number of anilines is 1. The maximum absolute atomic E-state index is 12.6. The van der Waals surface area contributed by atoms with Gasteiger partial charge >= 0.3 is 0 Å². The summed E-state index contributed by atoms with van der Waals surface area (Å²) in [4.78, 5) is 35.4. The standard InChI is InChI=1S/C21H14N4O3S2/c26-19-11-28-17-4-2-12(9-18-20(27)24-21(29)30-18)8-16(17)25(19)10-13-1-3-14-15(7-13)23-6-5-22-14/h1-9H,10-11H2,(H,24,27,29). The van der Waals surface area contributed by atoms with Crippen LogP contribution in [0.15, 0.2) is 53.7 Å². The zero-order chi connectivity index (χ0) is 20.7. The molecule has 1 N–H and O–H groups in total. The van der Waals surface area contributed by atoms with Crippen LogP contribution >= 0.6 is 24.0 Å². The number of carbonyl (C=O) groups is 2. The second-order valence-corrected chi connectivity index (χ2v) is 8.45. The van der Waals surface area contributed by atoms with Gasteiger partial charge in [-0.2, -0.15) is 0 Å². The molecule has 0 spiro atoms. The van der Waals surface area contributed by atoms with Gasteiger partial charge in [-0.05, 0) is 41.5 Å². The van der Waals surface area contributed by atoms with Gasteiger partial charge in [-0.3, -0.25) is 19.6 Å². The number of thiocarbonyl (C=S) groups is 1. The molecule has 3 heterocycles. The summed E-state index contributed by atoms with van der Waals surface area (Å²) in [6, 6.07) is 11.3. The normalized spacial score (nSPS) is 17.3. The largest absolute Gasteiger partial charge is 0.482 e. The summed E-state index contributed by atoms with van der Waals surface area (Å²) >= 11 is 6.25. The number of hydrogen-bond donors (Lipinski definition) is 1. The highest BCUT2D eigenvalue weighted by atomic mass is 32.2. The number of benzene rings is 2. The van der Waals surface area contributed by atoms with E-state index in [4.69, 9.17) is 17.0 Å². The van der Waals surface area contributed by atoms with Crippen LogP contribution in [-0.2, 0) is 16.1 Å². The van der Waals surface area contributed by atoms with Gasteiger partial charge in [0.25, 0.3) is 11.8 Å². The minimum Gasteiger partial charge on any atom is -0.482 e. The quantitative estimate of drug-likeness (QED) is 0.501.